The zero-order valence-corrected chi connectivity index (χ0v) is 7.44. The molecule has 4 N–H and O–H groups in total. The van der Waals surface area contributed by atoms with Crippen LogP contribution in [-0.4, -0.2) is 19.5 Å². The van der Waals surface area contributed by atoms with Crippen LogP contribution in [0.5, 0.6) is 0 Å². The van der Waals surface area contributed by atoms with Crippen LogP contribution in [0.2, 0.25) is 0 Å². The Kier molecular flexibility index (Phi) is 1.39. The van der Waals surface area contributed by atoms with Crippen LogP contribution >= 0.6 is 0 Å². The van der Waals surface area contributed by atoms with Gasteiger partial charge in [0, 0.05) is 7.05 Å². The molecule has 2 rings (SSSR count). The Morgan fingerprint density at radius 3 is 2.54 bits per heavy atom. The molecule has 0 spiro atoms. The minimum Gasteiger partial charge on any atom is -0.382 e. The van der Waals surface area contributed by atoms with Crippen molar-refractivity contribution in [3.63, 3.8) is 0 Å². The molecule has 0 saturated carbocycles. The highest BCUT2D eigenvalue weighted by Gasteiger charge is 2.10. The van der Waals surface area contributed by atoms with Crippen LogP contribution in [0.1, 0.15) is 5.82 Å². The lowest BCUT2D eigenvalue weighted by molar-refractivity contribution is 0.885. The van der Waals surface area contributed by atoms with Gasteiger partial charge in [-0.05, 0) is 6.92 Å². The van der Waals surface area contributed by atoms with E-state index >= 15 is 0 Å². The maximum absolute atomic E-state index is 5.68. The van der Waals surface area contributed by atoms with Crippen LogP contribution in [0, 0.1) is 6.92 Å². The van der Waals surface area contributed by atoms with Crippen molar-refractivity contribution in [3.8, 4) is 0 Å². The summed E-state index contributed by atoms with van der Waals surface area (Å²) in [7, 11) is 1.86. The summed E-state index contributed by atoms with van der Waals surface area (Å²) in [6.45, 7) is 1.87. The summed E-state index contributed by atoms with van der Waals surface area (Å²) < 4.78 is 1.84. The van der Waals surface area contributed by atoms with E-state index in [4.69, 9.17) is 11.5 Å². The number of nitrogens with zero attached hydrogens (tertiary/aromatic N) is 4. The van der Waals surface area contributed by atoms with Gasteiger partial charge in [0.15, 0.2) is 11.5 Å². The van der Waals surface area contributed by atoms with Crippen molar-refractivity contribution in [2.75, 3.05) is 11.5 Å². The van der Waals surface area contributed by atoms with Gasteiger partial charge in [0.2, 0.25) is 5.95 Å². The molecule has 6 heteroatoms. The third-order valence-electron chi connectivity index (χ3n) is 2.00. The first kappa shape index (κ1) is 7.78. The van der Waals surface area contributed by atoms with Crippen LogP contribution in [0.15, 0.2) is 0 Å². The van der Waals surface area contributed by atoms with Crippen molar-refractivity contribution in [1.29, 1.82) is 0 Å². The summed E-state index contributed by atoms with van der Waals surface area (Å²) in [6.07, 6.45) is 0. The molecular weight excluding hydrogens is 168 g/mol. The number of nitrogens with two attached hydrogens (primary N) is 2. The largest absolute Gasteiger partial charge is 0.382 e. The Labute approximate surface area is 74.6 Å². The number of hydrogen-bond donors (Lipinski definition) is 2. The molecule has 2 aromatic heterocycles. The second kappa shape index (κ2) is 2.32. The van der Waals surface area contributed by atoms with Gasteiger partial charge in [-0.15, -0.1) is 0 Å². The summed E-state index contributed by atoms with van der Waals surface area (Å²) in [5.74, 6) is 1.36. The van der Waals surface area contributed by atoms with Gasteiger partial charge in [0.25, 0.3) is 0 Å². The van der Waals surface area contributed by atoms with Crippen molar-refractivity contribution in [2.24, 2.45) is 7.05 Å². The fourth-order valence-electron chi connectivity index (χ4n) is 1.27. The molecule has 68 valence electrons. The SMILES string of the molecule is Cc1nc2nc(N)nc(N)c2n1C. The molecule has 0 aromatic carbocycles. The van der Waals surface area contributed by atoms with Crippen molar-refractivity contribution in [2.45, 2.75) is 6.92 Å². The van der Waals surface area contributed by atoms with Crippen LogP contribution in [0.3, 0.4) is 0 Å². The van der Waals surface area contributed by atoms with E-state index in [9.17, 15) is 0 Å². The zero-order valence-electron chi connectivity index (χ0n) is 7.44. The number of rotatable bonds is 0. The van der Waals surface area contributed by atoms with Crippen molar-refractivity contribution >= 4 is 22.9 Å². The first-order valence-corrected chi connectivity index (χ1v) is 3.81. The summed E-state index contributed by atoms with van der Waals surface area (Å²) in [5, 5.41) is 0. The molecule has 0 unspecified atom stereocenters. The van der Waals surface area contributed by atoms with Crippen LogP contribution in [0.25, 0.3) is 11.2 Å². The van der Waals surface area contributed by atoms with Crippen molar-refractivity contribution < 1.29 is 0 Å². The number of hydrogen-bond acceptors (Lipinski definition) is 5. The van der Waals surface area contributed by atoms with Crippen molar-refractivity contribution in [3.05, 3.63) is 5.82 Å². The van der Waals surface area contributed by atoms with Gasteiger partial charge in [-0.1, -0.05) is 0 Å². The minimum absolute atomic E-state index is 0.156. The van der Waals surface area contributed by atoms with Crippen molar-refractivity contribution in [1.82, 2.24) is 19.5 Å². The predicted octanol–water partition coefficient (Wildman–Crippen LogP) is -0.164. The third-order valence-corrected chi connectivity index (χ3v) is 2.00. The van der Waals surface area contributed by atoms with E-state index in [2.05, 4.69) is 15.0 Å². The molecule has 0 radical (unpaired) electrons. The summed E-state index contributed by atoms with van der Waals surface area (Å²) in [4.78, 5) is 12.0. The maximum Gasteiger partial charge on any atom is 0.224 e. The first-order chi connectivity index (χ1) is 6.09. The number of imidazole rings is 1. The Morgan fingerprint density at radius 2 is 1.85 bits per heavy atom. The lowest BCUT2D eigenvalue weighted by Crippen LogP contribution is -2.02. The topological polar surface area (TPSA) is 95.6 Å². The van der Waals surface area contributed by atoms with Crippen LogP contribution in [0.4, 0.5) is 11.8 Å². The van der Waals surface area contributed by atoms with E-state index in [0.717, 1.165) is 11.3 Å². The minimum atomic E-state index is 0.156. The monoisotopic (exact) mass is 178 g/mol. The molecule has 6 nitrogen and oxygen atoms in total. The lowest BCUT2D eigenvalue weighted by Gasteiger charge is -1.99. The molecule has 0 fully saturated rings. The Bertz CT molecular complexity index is 471. The summed E-state index contributed by atoms with van der Waals surface area (Å²) in [6, 6.07) is 0. The average molecular weight is 178 g/mol. The molecule has 2 aromatic rings. The Balaban J connectivity index is 2.94. The fourth-order valence-corrected chi connectivity index (χ4v) is 1.27. The Morgan fingerprint density at radius 1 is 1.15 bits per heavy atom. The highest BCUT2D eigenvalue weighted by atomic mass is 15.2. The number of aromatic nitrogens is 4. The van der Waals surface area contributed by atoms with E-state index in [1.165, 1.54) is 0 Å². The molecule has 2 heterocycles. The van der Waals surface area contributed by atoms with Gasteiger partial charge in [-0.25, -0.2) is 4.98 Å². The summed E-state index contributed by atoms with van der Waals surface area (Å²) >= 11 is 0. The highest BCUT2D eigenvalue weighted by molar-refractivity contribution is 5.83. The summed E-state index contributed by atoms with van der Waals surface area (Å²) in [5.41, 5.74) is 12.4. The third kappa shape index (κ3) is 0.986. The molecule has 0 saturated heterocycles. The number of anilines is 2. The average Bonchev–Trinajstić information content (AvgIpc) is 2.27. The van der Waals surface area contributed by atoms with Crippen LogP contribution < -0.4 is 11.5 Å². The highest BCUT2D eigenvalue weighted by Crippen LogP contribution is 2.18. The lowest BCUT2D eigenvalue weighted by atomic mass is 10.5. The van der Waals surface area contributed by atoms with Gasteiger partial charge in [0.1, 0.15) is 11.3 Å². The van der Waals surface area contributed by atoms with E-state index in [0.29, 0.717) is 11.5 Å². The smallest absolute Gasteiger partial charge is 0.224 e. The van der Waals surface area contributed by atoms with E-state index in [1.807, 2.05) is 18.5 Å². The van der Waals surface area contributed by atoms with Gasteiger partial charge < -0.3 is 16.0 Å². The molecule has 13 heavy (non-hydrogen) atoms. The van der Waals surface area contributed by atoms with E-state index < -0.39 is 0 Å². The quantitative estimate of drug-likeness (QED) is 0.584. The molecular formula is C7H10N6. The molecule has 0 bridgehead atoms. The second-order valence-corrected chi connectivity index (χ2v) is 2.86. The molecule has 0 amide bonds. The molecule has 0 aliphatic rings. The standard InChI is InChI=1S/C7H10N6/c1-3-10-6-4(13(3)2)5(8)11-7(9)12-6/h1-2H3,(H4,8,9,11,12). The van der Waals surface area contributed by atoms with Crippen LogP contribution in [-0.2, 0) is 7.05 Å². The second-order valence-electron chi connectivity index (χ2n) is 2.86. The number of fused-ring (bicyclic) bond motifs is 1. The molecule has 0 aliphatic carbocycles. The van der Waals surface area contributed by atoms with Gasteiger partial charge in [0.05, 0.1) is 0 Å². The van der Waals surface area contributed by atoms with Gasteiger partial charge in [-0.2, -0.15) is 9.97 Å². The van der Waals surface area contributed by atoms with E-state index in [1.54, 1.807) is 0 Å². The normalized spacial score (nSPS) is 10.9. The predicted molar refractivity (Wildman–Crippen MR) is 49.9 cm³/mol. The first-order valence-electron chi connectivity index (χ1n) is 3.81. The zero-order chi connectivity index (χ0) is 9.59. The van der Waals surface area contributed by atoms with Gasteiger partial charge >= 0.3 is 0 Å². The number of nitrogen functional groups attached to an aromatic ring is 2. The Hall–Kier alpha value is -1.85. The van der Waals surface area contributed by atoms with Gasteiger partial charge in [-0.3, -0.25) is 0 Å². The number of aryl methyl sites for hydroxylation is 2. The molecule has 0 aliphatic heterocycles. The van der Waals surface area contributed by atoms with E-state index in [-0.39, 0.29) is 5.95 Å². The molecule has 0 atom stereocenters. The fraction of sp³-hybridized carbons (Fsp3) is 0.286. The maximum atomic E-state index is 5.68.